The maximum Gasteiger partial charge on any atom is 0.0489 e. The Hall–Kier alpha value is -0.850. The van der Waals surface area contributed by atoms with Gasteiger partial charge in [-0.2, -0.15) is 0 Å². The first-order valence-corrected chi connectivity index (χ1v) is 9.65. The van der Waals surface area contributed by atoms with Gasteiger partial charge in [-0.05, 0) is 35.3 Å². The van der Waals surface area contributed by atoms with Crippen LogP contribution in [0.15, 0.2) is 12.3 Å². The molecule has 1 aromatic heterocycles. The Balaban J connectivity index is 3.20. The molecule has 0 bridgehead atoms. The number of unbranched alkanes of at least 4 members (excludes halogenated alkanes) is 1. The highest BCUT2D eigenvalue weighted by atomic mass is 14.7. The van der Waals surface area contributed by atoms with Gasteiger partial charge >= 0.3 is 0 Å². The van der Waals surface area contributed by atoms with Crippen molar-refractivity contribution in [3.8, 4) is 0 Å². The minimum absolute atomic E-state index is 0.118. The summed E-state index contributed by atoms with van der Waals surface area (Å²) in [6.07, 6.45) is 9.71. The third-order valence-electron chi connectivity index (χ3n) is 5.39. The summed E-state index contributed by atoms with van der Waals surface area (Å²) >= 11 is 0. The molecule has 1 heteroatoms. The third kappa shape index (κ3) is 5.62. The van der Waals surface area contributed by atoms with Crippen molar-refractivity contribution in [2.24, 2.45) is 5.92 Å². The van der Waals surface area contributed by atoms with Gasteiger partial charge in [0.25, 0.3) is 0 Å². The summed E-state index contributed by atoms with van der Waals surface area (Å²) in [5.74, 6) is 0.790. The first kappa shape index (κ1) is 20.2. The maximum absolute atomic E-state index is 4.93. The van der Waals surface area contributed by atoms with E-state index < -0.39 is 0 Å². The van der Waals surface area contributed by atoms with Crippen molar-refractivity contribution in [1.82, 2.24) is 4.98 Å². The van der Waals surface area contributed by atoms with E-state index in [1.165, 1.54) is 48.9 Å². The van der Waals surface area contributed by atoms with Crippen LogP contribution < -0.4 is 0 Å². The standard InChI is InChI=1S/C22H39N/c1-9-12-13-17(10-2)14-18-15-19(22(7,8)11-3)16-23-20(18)21(4,5)6/h15-17H,9-14H2,1-8H3. The smallest absolute Gasteiger partial charge is 0.0489 e. The number of rotatable bonds is 8. The van der Waals surface area contributed by atoms with E-state index in [0.29, 0.717) is 0 Å². The molecule has 0 amide bonds. The maximum atomic E-state index is 4.93. The number of pyridine rings is 1. The molecule has 0 aliphatic heterocycles. The molecule has 0 saturated carbocycles. The van der Waals surface area contributed by atoms with Crippen molar-refractivity contribution in [3.05, 3.63) is 29.1 Å². The molecule has 0 spiro atoms. The molecule has 1 heterocycles. The molecule has 0 saturated heterocycles. The van der Waals surface area contributed by atoms with E-state index in [4.69, 9.17) is 4.98 Å². The van der Waals surface area contributed by atoms with Crippen LogP contribution in [0.2, 0.25) is 0 Å². The Kier molecular flexibility index (Phi) is 7.29. The lowest BCUT2D eigenvalue weighted by atomic mass is 9.78. The van der Waals surface area contributed by atoms with Gasteiger partial charge in [0.1, 0.15) is 0 Å². The predicted octanol–water partition coefficient (Wildman–Crippen LogP) is 6.83. The normalized spacial score (nSPS) is 14.1. The van der Waals surface area contributed by atoms with Crippen LogP contribution in [0.1, 0.15) is 104 Å². The zero-order valence-electron chi connectivity index (χ0n) is 16.9. The lowest BCUT2D eigenvalue weighted by molar-refractivity contribution is 0.439. The van der Waals surface area contributed by atoms with Gasteiger partial charge in [0.2, 0.25) is 0 Å². The zero-order valence-corrected chi connectivity index (χ0v) is 16.9. The molecule has 132 valence electrons. The van der Waals surface area contributed by atoms with Crippen LogP contribution in [0.3, 0.4) is 0 Å². The molecule has 1 nitrogen and oxygen atoms in total. The van der Waals surface area contributed by atoms with E-state index >= 15 is 0 Å². The molecule has 0 aliphatic rings. The molecule has 0 aliphatic carbocycles. The van der Waals surface area contributed by atoms with Crippen LogP contribution in [0.4, 0.5) is 0 Å². The minimum atomic E-state index is 0.118. The second-order valence-electron chi connectivity index (χ2n) is 8.84. The summed E-state index contributed by atoms with van der Waals surface area (Å²) in [4.78, 5) is 4.93. The molecule has 1 rings (SSSR count). The van der Waals surface area contributed by atoms with Crippen molar-refractivity contribution >= 4 is 0 Å². The van der Waals surface area contributed by atoms with Crippen molar-refractivity contribution in [2.75, 3.05) is 0 Å². The SMILES string of the molecule is CCCCC(CC)Cc1cc(C(C)(C)CC)cnc1C(C)(C)C. The van der Waals surface area contributed by atoms with Crippen molar-refractivity contribution in [1.29, 1.82) is 0 Å². The topological polar surface area (TPSA) is 12.9 Å². The Morgan fingerprint density at radius 3 is 2.17 bits per heavy atom. The number of hydrogen-bond acceptors (Lipinski definition) is 1. The van der Waals surface area contributed by atoms with Crippen LogP contribution in [-0.2, 0) is 17.3 Å². The van der Waals surface area contributed by atoms with Gasteiger partial charge in [0.15, 0.2) is 0 Å². The van der Waals surface area contributed by atoms with E-state index in [1.807, 2.05) is 0 Å². The summed E-state index contributed by atoms with van der Waals surface area (Å²) in [6, 6.07) is 2.46. The first-order valence-electron chi connectivity index (χ1n) is 9.65. The highest BCUT2D eigenvalue weighted by molar-refractivity contribution is 5.33. The van der Waals surface area contributed by atoms with Crippen LogP contribution >= 0.6 is 0 Å². The Morgan fingerprint density at radius 1 is 1.04 bits per heavy atom. The Bertz CT molecular complexity index is 479. The number of nitrogens with zero attached hydrogens (tertiary/aromatic N) is 1. The van der Waals surface area contributed by atoms with Crippen molar-refractivity contribution in [2.45, 2.75) is 105 Å². The summed E-state index contributed by atoms with van der Waals surface area (Å²) in [7, 11) is 0. The fourth-order valence-corrected chi connectivity index (χ4v) is 3.17. The molecule has 1 unspecified atom stereocenters. The summed E-state index contributed by atoms with van der Waals surface area (Å²) < 4.78 is 0. The van der Waals surface area contributed by atoms with Gasteiger partial charge in [-0.25, -0.2) is 0 Å². The zero-order chi connectivity index (χ0) is 17.7. The van der Waals surface area contributed by atoms with Crippen LogP contribution in [0, 0.1) is 5.92 Å². The molecular formula is C22H39N. The lowest BCUT2D eigenvalue weighted by Crippen LogP contribution is -2.22. The highest BCUT2D eigenvalue weighted by Crippen LogP contribution is 2.33. The van der Waals surface area contributed by atoms with E-state index in [0.717, 1.165) is 12.3 Å². The van der Waals surface area contributed by atoms with Gasteiger partial charge < -0.3 is 0 Å². The molecule has 0 aromatic carbocycles. The van der Waals surface area contributed by atoms with Gasteiger partial charge in [-0.3, -0.25) is 4.98 Å². The molecular weight excluding hydrogens is 278 g/mol. The van der Waals surface area contributed by atoms with Gasteiger partial charge in [0, 0.05) is 17.3 Å². The molecule has 1 atom stereocenters. The molecule has 23 heavy (non-hydrogen) atoms. The van der Waals surface area contributed by atoms with Crippen LogP contribution in [-0.4, -0.2) is 4.98 Å². The van der Waals surface area contributed by atoms with Crippen LogP contribution in [0.25, 0.3) is 0 Å². The summed E-state index contributed by atoms with van der Waals surface area (Å²) in [5, 5.41) is 0. The lowest BCUT2D eigenvalue weighted by Gasteiger charge is -2.28. The van der Waals surface area contributed by atoms with Crippen molar-refractivity contribution in [3.63, 3.8) is 0 Å². The molecule has 0 fully saturated rings. The first-order chi connectivity index (χ1) is 10.7. The Labute approximate surface area is 145 Å². The number of aromatic nitrogens is 1. The average Bonchev–Trinajstić information content (AvgIpc) is 2.50. The largest absolute Gasteiger partial charge is 0.260 e. The summed E-state index contributed by atoms with van der Waals surface area (Å²) in [5.41, 5.74) is 4.51. The number of hydrogen-bond donors (Lipinski definition) is 0. The molecule has 1 aromatic rings. The van der Waals surface area contributed by atoms with Gasteiger partial charge in [-0.1, -0.05) is 87.1 Å². The van der Waals surface area contributed by atoms with E-state index in [1.54, 1.807) is 0 Å². The highest BCUT2D eigenvalue weighted by Gasteiger charge is 2.25. The van der Waals surface area contributed by atoms with E-state index in [-0.39, 0.29) is 10.8 Å². The monoisotopic (exact) mass is 317 g/mol. The quantitative estimate of drug-likeness (QED) is 0.512. The molecule has 0 radical (unpaired) electrons. The van der Waals surface area contributed by atoms with E-state index in [9.17, 15) is 0 Å². The fraction of sp³-hybridized carbons (Fsp3) is 0.773. The third-order valence-corrected chi connectivity index (χ3v) is 5.39. The van der Waals surface area contributed by atoms with Crippen molar-refractivity contribution < 1.29 is 0 Å². The second kappa shape index (κ2) is 8.31. The van der Waals surface area contributed by atoms with Crippen LogP contribution in [0.5, 0.6) is 0 Å². The van der Waals surface area contributed by atoms with Gasteiger partial charge in [0.05, 0.1) is 0 Å². The minimum Gasteiger partial charge on any atom is -0.260 e. The second-order valence-corrected chi connectivity index (χ2v) is 8.84. The fourth-order valence-electron chi connectivity index (χ4n) is 3.17. The van der Waals surface area contributed by atoms with Gasteiger partial charge in [-0.15, -0.1) is 0 Å². The van der Waals surface area contributed by atoms with E-state index in [2.05, 4.69) is 67.7 Å². The molecule has 0 N–H and O–H groups in total. The Morgan fingerprint density at radius 2 is 1.70 bits per heavy atom. The average molecular weight is 318 g/mol. The summed E-state index contributed by atoms with van der Waals surface area (Å²) in [6.45, 7) is 18.4. The predicted molar refractivity (Wildman–Crippen MR) is 103 cm³/mol.